The average molecular weight is 304 g/mol. The molecule has 0 aliphatic carbocycles. The minimum absolute atomic E-state index is 0.0505. The lowest BCUT2D eigenvalue weighted by molar-refractivity contribution is 0.0947. The molecular formula is C15H20ClF2NO. The first kappa shape index (κ1) is 16.9. The number of alkyl halides is 1. The first-order valence-corrected chi connectivity index (χ1v) is 6.92. The zero-order chi connectivity index (χ0) is 15.5. The highest BCUT2D eigenvalue weighted by Gasteiger charge is 2.19. The number of hydrogen-bond acceptors (Lipinski definition) is 1. The van der Waals surface area contributed by atoms with Gasteiger partial charge < -0.3 is 5.32 Å². The lowest BCUT2D eigenvalue weighted by Crippen LogP contribution is -2.32. The van der Waals surface area contributed by atoms with Gasteiger partial charge in [-0.1, -0.05) is 20.8 Å². The van der Waals surface area contributed by atoms with Crippen molar-refractivity contribution in [1.82, 2.24) is 5.32 Å². The van der Waals surface area contributed by atoms with E-state index in [-0.39, 0.29) is 28.5 Å². The Kier molecular flexibility index (Phi) is 5.51. The van der Waals surface area contributed by atoms with E-state index in [1.54, 1.807) is 0 Å². The van der Waals surface area contributed by atoms with Crippen molar-refractivity contribution >= 4 is 17.5 Å². The van der Waals surface area contributed by atoms with E-state index in [1.807, 2.05) is 20.8 Å². The minimum atomic E-state index is -0.868. The highest BCUT2D eigenvalue weighted by Crippen LogP contribution is 2.23. The molecule has 0 saturated carbocycles. The molecule has 1 rings (SSSR count). The van der Waals surface area contributed by atoms with E-state index in [9.17, 15) is 13.6 Å². The number of hydrogen-bond donors (Lipinski definition) is 1. The van der Waals surface area contributed by atoms with Crippen LogP contribution in [0.5, 0.6) is 0 Å². The van der Waals surface area contributed by atoms with Crippen LogP contribution in [0.1, 0.15) is 43.1 Å². The van der Waals surface area contributed by atoms with Gasteiger partial charge in [-0.3, -0.25) is 4.79 Å². The summed E-state index contributed by atoms with van der Waals surface area (Å²) in [6, 6.07) is 1.92. The van der Waals surface area contributed by atoms with Gasteiger partial charge in [0.2, 0.25) is 0 Å². The molecule has 5 heteroatoms. The van der Waals surface area contributed by atoms with E-state index in [4.69, 9.17) is 11.6 Å². The summed E-state index contributed by atoms with van der Waals surface area (Å²) in [5.41, 5.74) is 0.117. The van der Waals surface area contributed by atoms with Crippen LogP contribution in [0.25, 0.3) is 0 Å². The maximum Gasteiger partial charge on any atom is 0.254 e. The SMILES string of the molecule is Cc1cc(C(=O)NCC(Cl)CC(C)(C)C)c(F)cc1F. The van der Waals surface area contributed by atoms with Gasteiger partial charge in [-0.2, -0.15) is 0 Å². The summed E-state index contributed by atoms with van der Waals surface area (Å²) in [6.45, 7) is 7.87. The number of aryl methyl sites for hydroxylation is 1. The molecule has 1 aromatic rings. The fraction of sp³-hybridized carbons (Fsp3) is 0.533. The second-order valence-electron chi connectivity index (χ2n) is 6.15. The highest BCUT2D eigenvalue weighted by atomic mass is 35.5. The molecule has 0 aliphatic rings. The van der Waals surface area contributed by atoms with Gasteiger partial charge in [0, 0.05) is 12.6 Å². The van der Waals surface area contributed by atoms with Crippen molar-refractivity contribution in [3.8, 4) is 0 Å². The van der Waals surface area contributed by atoms with Gasteiger partial charge in [0.05, 0.1) is 10.9 Å². The van der Waals surface area contributed by atoms with E-state index in [1.165, 1.54) is 13.0 Å². The van der Waals surface area contributed by atoms with Gasteiger partial charge in [0.1, 0.15) is 11.6 Å². The second-order valence-corrected chi connectivity index (χ2v) is 6.77. The third-order valence-corrected chi connectivity index (χ3v) is 3.12. The van der Waals surface area contributed by atoms with Gasteiger partial charge >= 0.3 is 0 Å². The van der Waals surface area contributed by atoms with Crippen LogP contribution in [0.4, 0.5) is 8.78 Å². The van der Waals surface area contributed by atoms with Crippen molar-refractivity contribution in [1.29, 1.82) is 0 Å². The van der Waals surface area contributed by atoms with E-state index in [0.29, 0.717) is 0 Å². The smallest absolute Gasteiger partial charge is 0.254 e. The van der Waals surface area contributed by atoms with Crippen LogP contribution in [0.2, 0.25) is 0 Å². The zero-order valence-corrected chi connectivity index (χ0v) is 12.9. The molecule has 0 radical (unpaired) electrons. The van der Waals surface area contributed by atoms with E-state index in [0.717, 1.165) is 12.5 Å². The van der Waals surface area contributed by atoms with Crippen LogP contribution in [0, 0.1) is 24.0 Å². The molecule has 1 atom stereocenters. The molecule has 0 fully saturated rings. The Balaban J connectivity index is 2.66. The molecule has 1 amide bonds. The van der Waals surface area contributed by atoms with Crippen molar-refractivity contribution in [2.24, 2.45) is 5.41 Å². The van der Waals surface area contributed by atoms with Crippen LogP contribution in [-0.4, -0.2) is 17.8 Å². The molecule has 0 heterocycles. The van der Waals surface area contributed by atoms with E-state index >= 15 is 0 Å². The summed E-state index contributed by atoms with van der Waals surface area (Å²) in [5, 5.41) is 2.34. The predicted molar refractivity (Wildman–Crippen MR) is 77.1 cm³/mol. The maximum absolute atomic E-state index is 13.5. The number of rotatable bonds is 4. The molecule has 1 unspecified atom stereocenters. The van der Waals surface area contributed by atoms with Crippen molar-refractivity contribution in [3.05, 3.63) is 34.9 Å². The lowest BCUT2D eigenvalue weighted by atomic mass is 9.90. The van der Waals surface area contributed by atoms with Crippen LogP contribution >= 0.6 is 11.6 Å². The average Bonchev–Trinajstić information content (AvgIpc) is 2.28. The molecule has 0 bridgehead atoms. The topological polar surface area (TPSA) is 29.1 Å². The number of benzene rings is 1. The zero-order valence-electron chi connectivity index (χ0n) is 12.2. The van der Waals surface area contributed by atoms with Gasteiger partial charge in [-0.25, -0.2) is 8.78 Å². The van der Waals surface area contributed by atoms with Crippen molar-refractivity contribution in [2.45, 2.75) is 39.5 Å². The lowest BCUT2D eigenvalue weighted by Gasteiger charge is -2.22. The molecule has 1 N–H and O–H groups in total. The summed E-state index contributed by atoms with van der Waals surface area (Å²) in [4.78, 5) is 11.9. The fourth-order valence-electron chi connectivity index (χ4n) is 1.87. The Bertz CT molecular complexity index is 497. The fourth-order valence-corrected chi connectivity index (χ4v) is 2.41. The number of carbonyl (C=O) groups excluding carboxylic acids is 1. The van der Waals surface area contributed by atoms with Crippen LogP contribution in [0.15, 0.2) is 12.1 Å². The molecule has 20 heavy (non-hydrogen) atoms. The summed E-state index contributed by atoms with van der Waals surface area (Å²) in [7, 11) is 0. The molecule has 2 nitrogen and oxygen atoms in total. The standard InChI is InChI=1S/C15H20ClF2NO/c1-9-5-11(13(18)6-12(9)17)14(20)19-8-10(16)7-15(2,3)4/h5-6,10H,7-8H2,1-4H3,(H,19,20). The number of halogens is 3. The largest absolute Gasteiger partial charge is 0.350 e. The molecule has 0 aliphatic heterocycles. The van der Waals surface area contributed by atoms with Crippen LogP contribution in [0.3, 0.4) is 0 Å². The van der Waals surface area contributed by atoms with Crippen LogP contribution in [-0.2, 0) is 0 Å². The Morgan fingerprint density at radius 2 is 1.90 bits per heavy atom. The van der Waals surface area contributed by atoms with Crippen molar-refractivity contribution in [3.63, 3.8) is 0 Å². The van der Waals surface area contributed by atoms with Gasteiger partial charge in [-0.05, 0) is 30.4 Å². The van der Waals surface area contributed by atoms with Crippen molar-refractivity contribution in [2.75, 3.05) is 6.54 Å². The summed E-state index contributed by atoms with van der Waals surface area (Å²) < 4.78 is 26.7. The number of amides is 1. The third kappa shape index (κ3) is 5.08. The summed E-state index contributed by atoms with van der Waals surface area (Å²) in [5.74, 6) is -2.11. The van der Waals surface area contributed by atoms with E-state index < -0.39 is 17.5 Å². The monoisotopic (exact) mass is 303 g/mol. The van der Waals surface area contributed by atoms with E-state index in [2.05, 4.69) is 5.32 Å². The number of nitrogens with one attached hydrogen (secondary N) is 1. The first-order chi connectivity index (χ1) is 9.10. The molecular weight excluding hydrogens is 284 g/mol. The normalized spacial score (nSPS) is 13.2. The maximum atomic E-state index is 13.5. The Hall–Kier alpha value is -1.16. The summed E-state index contributed by atoms with van der Waals surface area (Å²) >= 11 is 6.12. The number of carbonyl (C=O) groups is 1. The van der Waals surface area contributed by atoms with Gasteiger partial charge in [-0.15, -0.1) is 11.6 Å². The quantitative estimate of drug-likeness (QED) is 0.836. The molecule has 0 aromatic heterocycles. The third-order valence-electron chi connectivity index (χ3n) is 2.81. The molecule has 1 aromatic carbocycles. The van der Waals surface area contributed by atoms with Gasteiger partial charge in [0.15, 0.2) is 0 Å². The first-order valence-electron chi connectivity index (χ1n) is 6.48. The molecule has 0 saturated heterocycles. The Labute approximate surface area is 123 Å². The predicted octanol–water partition coefficient (Wildman–Crippen LogP) is 4.05. The molecule has 112 valence electrons. The molecule has 0 spiro atoms. The van der Waals surface area contributed by atoms with Crippen LogP contribution < -0.4 is 5.32 Å². The highest BCUT2D eigenvalue weighted by molar-refractivity contribution is 6.21. The second kappa shape index (κ2) is 6.53. The van der Waals surface area contributed by atoms with Gasteiger partial charge in [0.25, 0.3) is 5.91 Å². The Morgan fingerprint density at radius 1 is 1.30 bits per heavy atom. The van der Waals surface area contributed by atoms with Crippen molar-refractivity contribution < 1.29 is 13.6 Å². The minimum Gasteiger partial charge on any atom is -0.350 e. The Morgan fingerprint density at radius 3 is 2.45 bits per heavy atom. The summed E-state index contributed by atoms with van der Waals surface area (Å²) in [6.07, 6.45) is 0.722.